The third-order valence-electron chi connectivity index (χ3n) is 4.78. The fraction of sp³-hybridized carbons (Fsp3) is 0.250. The molecule has 0 unspecified atom stereocenters. The summed E-state index contributed by atoms with van der Waals surface area (Å²) in [5, 5.41) is 0. The molecule has 0 spiro atoms. The first-order chi connectivity index (χ1) is 15.2. The van der Waals surface area contributed by atoms with Crippen molar-refractivity contribution in [2.75, 3.05) is 37.8 Å². The number of morpholine rings is 1. The molecule has 1 aliphatic rings. The molecule has 0 amide bonds. The average Bonchev–Trinajstić information content (AvgIpc) is 3.35. The van der Waals surface area contributed by atoms with Crippen LogP contribution in [0.4, 0.5) is 11.4 Å². The van der Waals surface area contributed by atoms with Crippen molar-refractivity contribution in [2.45, 2.75) is 6.92 Å². The average molecular weight is 420 g/mol. The number of benzene rings is 2. The lowest BCUT2D eigenvalue weighted by atomic mass is 10.2. The molecule has 3 aromatic rings. The van der Waals surface area contributed by atoms with E-state index in [9.17, 15) is 4.79 Å². The molecule has 4 rings (SSSR count). The predicted octanol–water partition coefficient (Wildman–Crippen LogP) is 4.48. The SMILES string of the molecule is CCOc1cc(C=Nc2ccc(N3CCOCC3)cc2)ccc1OC(=O)c1ccco1. The molecule has 0 aliphatic carbocycles. The zero-order valence-corrected chi connectivity index (χ0v) is 17.3. The number of anilines is 1. The summed E-state index contributed by atoms with van der Waals surface area (Å²) in [4.78, 5) is 19.0. The van der Waals surface area contributed by atoms with Crippen molar-refractivity contribution in [2.24, 2.45) is 4.99 Å². The molecule has 1 aliphatic heterocycles. The van der Waals surface area contributed by atoms with E-state index in [2.05, 4.69) is 22.0 Å². The van der Waals surface area contributed by atoms with Crippen LogP contribution in [0.2, 0.25) is 0 Å². The van der Waals surface area contributed by atoms with Crippen LogP contribution < -0.4 is 14.4 Å². The highest BCUT2D eigenvalue weighted by atomic mass is 16.6. The van der Waals surface area contributed by atoms with Gasteiger partial charge in [0.2, 0.25) is 5.76 Å². The van der Waals surface area contributed by atoms with Gasteiger partial charge >= 0.3 is 5.97 Å². The minimum atomic E-state index is -0.576. The summed E-state index contributed by atoms with van der Waals surface area (Å²) in [5.74, 6) is 0.352. The van der Waals surface area contributed by atoms with Gasteiger partial charge in [-0.05, 0) is 67.1 Å². The van der Waals surface area contributed by atoms with Crippen molar-refractivity contribution in [3.8, 4) is 11.5 Å². The van der Waals surface area contributed by atoms with Crippen molar-refractivity contribution < 1.29 is 23.4 Å². The van der Waals surface area contributed by atoms with Crippen molar-refractivity contribution in [3.63, 3.8) is 0 Å². The van der Waals surface area contributed by atoms with E-state index in [1.807, 2.05) is 25.1 Å². The highest BCUT2D eigenvalue weighted by Crippen LogP contribution is 2.29. The van der Waals surface area contributed by atoms with E-state index < -0.39 is 5.97 Å². The number of furan rings is 1. The van der Waals surface area contributed by atoms with E-state index in [4.69, 9.17) is 18.6 Å². The lowest BCUT2D eigenvalue weighted by Crippen LogP contribution is -2.36. The Morgan fingerprint density at radius 3 is 2.61 bits per heavy atom. The van der Waals surface area contributed by atoms with Crippen LogP contribution in [0.5, 0.6) is 11.5 Å². The molecular weight excluding hydrogens is 396 g/mol. The van der Waals surface area contributed by atoms with E-state index >= 15 is 0 Å². The molecule has 160 valence electrons. The van der Waals surface area contributed by atoms with E-state index in [1.165, 1.54) is 12.0 Å². The Labute approximate surface area is 180 Å². The summed E-state index contributed by atoms with van der Waals surface area (Å²) in [6.45, 7) is 5.63. The van der Waals surface area contributed by atoms with Crippen LogP contribution in [-0.4, -0.2) is 45.1 Å². The number of rotatable bonds is 7. The Balaban J connectivity index is 1.45. The van der Waals surface area contributed by atoms with E-state index in [0.29, 0.717) is 18.1 Å². The number of carbonyl (C=O) groups excluding carboxylic acids is 1. The molecule has 0 atom stereocenters. The quantitative estimate of drug-likeness (QED) is 0.319. The third kappa shape index (κ3) is 5.32. The molecule has 31 heavy (non-hydrogen) atoms. The molecule has 0 bridgehead atoms. The molecule has 1 saturated heterocycles. The smallest absolute Gasteiger partial charge is 0.379 e. The topological polar surface area (TPSA) is 73.5 Å². The van der Waals surface area contributed by atoms with Crippen molar-refractivity contribution in [1.82, 2.24) is 0 Å². The zero-order valence-electron chi connectivity index (χ0n) is 17.3. The Hall–Kier alpha value is -3.58. The zero-order chi connectivity index (χ0) is 21.5. The Morgan fingerprint density at radius 2 is 1.90 bits per heavy atom. The first-order valence-electron chi connectivity index (χ1n) is 10.2. The molecular formula is C24H24N2O5. The van der Waals surface area contributed by atoms with Gasteiger partial charge in [0.25, 0.3) is 0 Å². The van der Waals surface area contributed by atoms with Crippen LogP contribution in [0, 0.1) is 0 Å². The van der Waals surface area contributed by atoms with Gasteiger partial charge in [0.05, 0.1) is 31.8 Å². The second-order valence-electron chi connectivity index (χ2n) is 6.88. The van der Waals surface area contributed by atoms with Crippen LogP contribution in [0.1, 0.15) is 23.0 Å². The minimum absolute atomic E-state index is 0.133. The summed E-state index contributed by atoms with van der Waals surface area (Å²) in [6, 6.07) is 16.6. The van der Waals surface area contributed by atoms with Gasteiger partial charge in [-0.15, -0.1) is 0 Å². The molecule has 7 nitrogen and oxygen atoms in total. The molecule has 0 radical (unpaired) electrons. The summed E-state index contributed by atoms with van der Waals surface area (Å²) in [5.41, 5.74) is 2.85. The van der Waals surface area contributed by atoms with Crippen molar-refractivity contribution >= 4 is 23.6 Å². The Kier molecular flexibility index (Phi) is 6.64. The predicted molar refractivity (Wildman–Crippen MR) is 118 cm³/mol. The number of aliphatic imine (C=N–C) groups is 1. The lowest BCUT2D eigenvalue weighted by Gasteiger charge is -2.28. The van der Waals surface area contributed by atoms with Crippen LogP contribution in [-0.2, 0) is 4.74 Å². The van der Waals surface area contributed by atoms with Crippen molar-refractivity contribution in [1.29, 1.82) is 0 Å². The summed E-state index contributed by atoms with van der Waals surface area (Å²) in [6.07, 6.45) is 3.18. The minimum Gasteiger partial charge on any atom is -0.490 e. The van der Waals surface area contributed by atoms with E-state index in [0.717, 1.165) is 37.6 Å². The monoisotopic (exact) mass is 420 g/mol. The fourth-order valence-corrected chi connectivity index (χ4v) is 3.22. The highest BCUT2D eigenvalue weighted by Gasteiger charge is 2.15. The maximum atomic E-state index is 12.2. The van der Waals surface area contributed by atoms with Crippen LogP contribution in [0.3, 0.4) is 0 Å². The summed E-state index contributed by atoms with van der Waals surface area (Å²) < 4.78 is 21.5. The first-order valence-corrected chi connectivity index (χ1v) is 10.2. The number of ether oxygens (including phenoxy) is 3. The molecule has 0 saturated carbocycles. The van der Waals surface area contributed by atoms with Gasteiger partial charge in [-0.25, -0.2) is 4.79 Å². The first kappa shape index (κ1) is 20.7. The van der Waals surface area contributed by atoms with Crippen LogP contribution in [0.15, 0.2) is 70.3 Å². The van der Waals surface area contributed by atoms with Gasteiger partial charge in [-0.3, -0.25) is 4.99 Å². The Morgan fingerprint density at radius 1 is 1.10 bits per heavy atom. The second-order valence-corrected chi connectivity index (χ2v) is 6.88. The lowest BCUT2D eigenvalue weighted by molar-refractivity contribution is 0.0695. The maximum absolute atomic E-state index is 12.2. The molecule has 0 N–H and O–H groups in total. The summed E-state index contributed by atoms with van der Waals surface area (Å²) in [7, 11) is 0. The van der Waals surface area contributed by atoms with Crippen molar-refractivity contribution in [3.05, 3.63) is 72.2 Å². The van der Waals surface area contributed by atoms with Gasteiger partial charge in [0, 0.05) is 25.0 Å². The van der Waals surface area contributed by atoms with Gasteiger partial charge < -0.3 is 23.5 Å². The van der Waals surface area contributed by atoms with Gasteiger partial charge in [0.1, 0.15) is 0 Å². The largest absolute Gasteiger partial charge is 0.490 e. The molecule has 2 aromatic carbocycles. The highest BCUT2D eigenvalue weighted by molar-refractivity contribution is 5.89. The van der Waals surface area contributed by atoms with Gasteiger partial charge in [-0.2, -0.15) is 0 Å². The second kappa shape index (κ2) is 9.95. The molecule has 1 aromatic heterocycles. The van der Waals surface area contributed by atoms with Crippen LogP contribution >= 0.6 is 0 Å². The fourth-order valence-electron chi connectivity index (χ4n) is 3.22. The standard InChI is InChI=1S/C24H24N2O5/c1-2-29-23-16-18(5-10-21(23)31-24(27)22-4-3-13-30-22)17-25-19-6-8-20(9-7-19)26-11-14-28-15-12-26/h3-10,13,16-17H,2,11-12,14-15H2,1H3. The number of hydrogen-bond acceptors (Lipinski definition) is 7. The van der Waals surface area contributed by atoms with Gasteiger partial charge in [0.15, 0.2) is 11.5 Å². The number of hydrogen-bond donors (Lipinski definition) is 0. The van der Waals surface area contributed by atoms with Crippen LogP contribution in [0.25, 0.3) is 0 Å². The normalized spacial score (nSPS) is 14.0. The van der Waals surface area contributed by atoms with E-state index in [1.54, 1.807) is 30.5 Å². The van der Waals surface area contributed by atoms with E-state index in [-0.39, 0.29) is 5.76 Å². The molecule has 1 fully saturated rings. The Bertz CT molecular complexity index is 1020. The number of nitrogens with zero attached hydrogens (tertiary/aromatic N) is 2. The molecule has 7 heteroatoms. The number of esters is 1. The van der Waals surface area contributed by atoms with Gasteiger partial charge in [-0.1, -0.05) is 0 Å². The maximum Gasteiger partial charge on any atom is 0.379 e. The number of carbonyl (C=O) groups is 1. The third-order valence-corrected chi connectivity index (χ3v) is 4.78. The summed E-state index contributed by atoms with van der Waals surface area (Å²) >= 11 is 0. The molecule has 2 heterocycles.